The van der Waals surface area contributed by atoms with Gasteiger partial charge in [-0.05, 0) is 27.2 Å². The summed E-state index contributed by atoms with van der Waals surface area (Å²) in [5.41, 5.74) is 1.22. The molecule has 2 unspecified atom stereocenters. The molecule has 4 rings (SSSR count). The van der Waals surface area contributed by atoms with E-state index in [9.17, 15) is 9.59 Å². The first-order valence-corrected chi connectivity index (χ1v) is 11.3. The van der Waals surface area contributed by atoms with Gasteiger partial charge in [0, 0.05) is 57.3 Å². The summed E-state index contributed by atoms with van der Waals surface area (Å²) >= 11 is 1.60. The van der Waals surface area contributed by atoms with Crippen molar-refractivity contribution in [1.82, 2.24) is 29.2 Å². The molecule has 4 heterocycles. The van der Waals surface area contributed by atoms with Gasteiger partial charge in [0.15, 0.2) is 0 Å². The van der Waals surface area contributed by atoms with Gasteiger partial charge in [0.05, 0.1) is 34.7 Å². The van der Waals surface area contributed by atoms with Crippen LogP contribution in [0.3, 0.4) is 0 Å². The molecule has 9 heteroatoms. The molecule has 0 saturated carbocycles. The number of carbonyl (C=O) groups excluding carboxylic acids is 2. The van der Waals surface area contributed by atoms with Crippen LogP contribution in [0.5, 0.6) is 0 Å². The van der Waals surface area contributed by atoms with Gasteiger partial charge in [-0.2, -0.15) is 0 Å². The molecule has 3 amide bonds. The Kier molecular flexibility index (Phi) is 5.34. The predicted octanol–water partition coefficient (Wildman–Crippen LogP) is 2.73. The minimum atomic E-state index is -0.618. The number of rotatable bonds is 4. The number of thiazole rings is 1. The number of imidazole rings is 1. The zero-order chi connectivity index (χ0) is 21.6. The second kappa shape index (κ2) is 7.68. The lowest BCUT2D eigenvalue weighted by Crippen LogP contribution is -2.42. The lowest BCUT2D eigenvalue weighted by molar-refractivity contribution is -0.136. The molecular weight excluding hydrogens is 400 g/mol. The van der Waals surface area contributed by atoms with Gasteiger partial charge in [-0.25, -0.2) is 14.8 Å². The average molecular weight is 431 g/mol. The van der Waals surface area contributed by atoms with Gasteiger partial charge in [0.25, 0.3) is 0 Å². The monoisotopic (exact) mass is 430 g/mol. The quantitative estimate of drug-likeness (QED) is 0.748. The molecule has 0 N–H and O–H groups in total. The van der Waals surface area contributed by atoms with Crippen molar-refractivity contribution < 1.29 is 9.59 Å². The SMILES string of the molecule is Cc1nc(CN2CCC3(CN(C(=O)N(C)C)CC3c3cn(C(C)C)cn3)C2=O)cs1. The van der Waals surface area contributed by atoms with Gasteiger partial charge in [0.2, 0.25) is 5.91 Å². The molecule has 2 aliphatic rings. The first-order chi connectivity index (χ1) is 14.2. The van der Waals surface area contributed by atoms with Gasteiger partial charge in [-0.15, -0.1) is 11.3 Å². The topological polar surface area (TPSA) is 74.6 Å². The fourth-order valence-electron chi connectivity index (χ4n) is 4.69. The highest BCUT2D eigenvalue weighted by molar-refractivity contribution is 7.09. The highest BCUT2D eigenvalue weighted by Gasteiger charge is 2.58. The van der Waals surface area contributed by atoms with E-state index in [0.717, 1.165) is 22.8 Å². The summed E-state index contributed by atoms with van der Waals surface area (Å²) in [5, 5.41) is 3.03. The summed E-state index contributed by atoms with van der Waals surface area (Å²) in [6.07, 6.45) is 4.60. The van der Waals surface area contributed by atoms with E-state index < -0.39 is 5.41 Å². The molecule has 2 fully saturated rings. The molecule has 162 valence electrons. The number of likely N-dealkylation sites (tertiary alicyclic amines) is 2. The number of aromatic nitrogens is 3. The first-order valence-electron chi connectivity index (χ1n) is 10.4. The summed E-state index contributed by atoms with van der Waals surface area (Å²) in [7, 11) is 3.51. The Labute approximate surface area is 181 Å². The number of hydrogen-bond acceptors (Lipinski definition) is 5. The molecule has 0 aromatic carbocycles. The average Bonchev–Trinajstić information content (AvgIpc) is 3.46. The van der Waals surface area contributed by atoms with Crippen LogP contribution < -0.4 is 0 Å². The van der Waals surface area contributed by atoms with Crippen LogP contribution in [0.2, 0.25) is 0 Å². The Hall–Kier alpha value is -2.42. The Bertz CT molecular complexity index is 951. The summed E-state index contributed by atoms with van der Waals surface area (Å²) in [6.45, 7) is 8.35. The van der Waals surface area contributed by atoms with Crippen LogP contribution in [0.15, 0.2) is 17.9 Å². The number of amides is 3. The van der Waals surface area contributed by atoms with Gasteiger partial charge in [0.1, 0.15) is 0 Å². The maximum absolute atomic E-state index is 13.7. The Morgan fingerprint density at radius 2 is 2.17 bits per heavy atom. The molecule has 1 spiro atoms. The van der Waals surface area contributed by atoms with E-state index in [2.05, 4.69) is 28.4 Å². The maximum atomic E-state index is 13.7. The molecule has 2 aliphatic heterocycles. The summed E-state index contributed by atoms with van der Waals surface area (Å²) < 4.78 is 2.06. The fourth-order valence-corrected chi connectivity index (χ4v) is 5.29. The number of hydrogen-bond donors (Lipinski definition) is 0. The molecule has 8 nitrogen and oxygen atoms in total. The van der Waals surface area contributed by atoms with E-state index in [4.69, 9.17) is 0 Å². The lowest BCUT2D eigenvalue weighted by Gasteiger charge is -2.28. The van der Waals surface area contributed by atoms with E-state index in [1.807, 2.05) is 34.6 Å². The van der Waals surface area contributed by atoms with Crippen molar-refractivity contribution in [3.63, 3.8) is 0 Å². The molecule has 0 radical (unpaired) electrons. The minimum Gasteiger partial charge on any atom is -0.336 e. The minimum absolute atomic E-state index is 0.0541. The zero-order valence-electron chi connectivity index (χ0n) is 18.3. The van der Waals surface area contributed by atoms with E-state index >= 15 is 0 Å². The number of aryl methyl sites for hydroxylation is 1. The Balaban J connectivity index is 1.64. The lowest BCUT2D eigenvalue weighted by atomic mass is 9.75. The summed E-state index contributed by atoms with van der Waals surface area (Å²) in [5.74, 6) is 0.0161. The van der Waals surface area contributed by atoms with Gasteiger partial charge < -0.3 is 19.3 Å². The van der Waals surface area contributed by atoms with E-state index in [1.165, 1.54) is 0 Å². The summed E-state index contributed by atoms with van der Waals surface area (Å²) in [4.78, 5) is 41.0. The van der Waals surface area contributed by atoms with Crippen molar-refractivity contribution in [3.8, 4) is 0 Å². The van der Waals surface area contributed by atoms with Gasteiger partial charge in [-0.1, -0.05) is 0 Å². The van der Waals surface area contributed by atoms with Crippen LogP contribution in [0, 0.1) is 12.3 Å². The van der Waals surface area contributed by atoms with Crippen molar-refractivity contribution >= 4 is 23.3 Å². The van der Waals surface area contributed by atoms with Crippen LogP contribution in [-0.2, 0) is 11.3 Å². The second-order valence-corrected chi connectivity index (χ2v) is 10.0. The van der Waals surface area contributed by atoms with Crippen LogP contribution in [0.25, 0.3) is 0 Å². The van der Waals surface area contributed by atoms with Crippen LogP contribution in [0.4, 0.5) is 4.79 Å². The number of carbonyl (C=O) groups is 2. The largest absolute Gasteiger partial charge is 0.336 e. The number of nitrogens with zero attached hydrogens (tertiary/aromatic N) is 6. The Morgan fingerprint density at radius 3 is 2.77 bits per heavy atom. The van der Waals surface area contributed by atoms with Crippen molar-refractivity contribution in [3.05, 3.63) is 34.3 Å². The first kappa shape index (κ1) is 20.8. The highest BCUT2D eigenvalue weighted by atomic mass is 32.1. The van der Waals surface area contributed by atoms with Gasteiger partial charge >= 0.3 is 6.03 Å². The van der Waals surface area contributed by atoms with E-state index in [0.29, 0.717) is 32.2 Å². The second-order valence-electron chi connectivity index (χ2n) is 8.94. The third kappa shape index (κ3) is 3.49. The van der Waals surface area contributed by atoms with Gasteiger partial charge in [-0.3, -0.25) is 4.79 Å². The van der Waals surface area contributed by atoms with Crippen LogP contribution in [-0.4, -0.2) is 74.9 Å². The predicted molar refractivity (Wildman–Crippen MR) is 115 cm³/mol. The van der Waals surface area contributed by atoms with E-state index in [-0.39, 0.29) is 17.9 Å². The van der Waals surface area contributed by atoms with Crippen molar-refractivity contribution in [2.45, 2.75) is 45.7 Å². The smallest absolute Gasteiger partial charge is 0.319 e. The Morgan fingerprint density at radius 1 is 1.40 bits per heavy atom. The molecular formula is C21H30N6O2S. The fraction of sp³-hybridized carbons (Fsp3) is 0.619. The normalized spacial score (nSPS) is 23.9. The third-order valence-electron chi connectivity index (χ3n) is 6.33. The third-order valence-corrected chi connectivity index (χ3v) is 7.15. The molecule has 2 aromatic heterocycles. The van der Waals surface area contributed by atoms with Crippen LogP contribution in [0.1, 0.15) is 48.6 Å². The zero-order valence-corrected chi connectivity index (χ0v) is 19.1. The number of urea groups is 1. The van der Waals surface area contributed by atoms with Crippen molar-refractivity contribution in [1.29, 1.82) is 0 Å². The molecule has 2 saturated heterocycles. The van der Waals surface area contributed by atoms with Crippen molar-refractivity contribution in [2.24, 2.45) is 5.41 Å². The van der Waals surface area contributed by atoms with E-state index in [1.54, 1.807) is 30.3 Å². The molecule has 2 atom stereocenters. The molecule has 30 heavy (non-hydrogen) atoms. The standard InChI is InChI=1S/C21H30N6O2S/c1-14(2)27-10-18(22-13-27)17-9-26(20(29)24(4)5)12-21(17)6-7-25(19(21)28)8-16-11-30-15(3)23-16/h10-11,13-14,17H,6-9,12H2,1-5H3. The maximum Gasteiger partial charge on any atom is 0.319 e. The van der Waals surface area contributed by atoms with Crippen molar-refractivity contribution in [2.75, 3.05) is 33.7 Å². The summed E-state index contributed by atoms with van der Waals surface area (Å²) in [6, 6.07) is 0.244. The highest BCUT2D eigenvalue weighted by Crippen LogP contribution is 2.50. The van der Waals surface area contributed by atoms with Crippen LogP contribution >= 0.6 is 11.3 Å². The molecule has 2 aromatic rings. The molecule has 0 aliphatic carbocycles. The molecule has 0 bridgehead atoms.